The minimum absolute atomic E-state index is 0.0396. The maximum absolute atomic E-state index is 13.2. The Morgan fingerprint density at radius 1 is 1.08 bits per heavy atom. The van der Waals surface area contributed by atoms with Gasteiger partial charge in [-0.1, -0.05) is 41.5 Å². The molecular formula is C20H36N2O2. The average molecular weight is 337 g/mol. The van der Waals surface area contributed by atoms with E-state index in [0.29, 0.717) is 0 Å². The van der Waals surface area contributed by atoms with Crippen molar-refractivity contribution < 1.29 is 9.53 Å². The van der Waals surface area contributed by atoms with Crippen LogP contribution in [0.15, 0.2) is 0 Å². The van der Waals surface area contributed by atoms with Gasteiger partial charge >= 0.3 is 0 Å². The smallest absolute Gasteiger partial charge is 0.241 e. The Hall–Kier alpha value is -0.610. The molecular weight excluding hydrogens is 300 g/mol. The summed E-state index contributed by atoms with van der Waals surface area (Å²) in [6.45, 7) is 14.2. The number of hydrogen-bond acceptors (Lipinski definition) is 3. The minimum atomic E-state index is -0.802. The first-order chi connectivity index (χ1) is 10.9. The van der Waals surface area contributed by atoms with Crippen molar-refractivity contribution in [3.63, 3.8) is 0 Å². The molecule has 3 N–H and O–H groups in total. The van der Waals surface area contributed by atoms with Crippen LogP contribution in [-0.2, 0) is 9.53 Å². The van der Waals surface area contributed by atoms with Crippen LogP contribution < -0.4 is 11.1 Å². The Kier molecular flexibility index (Phi) is 4.12. The summed E-state index contributed by atoms with van der Waals surface area (Å²) in [4.78, 5) is 13.2. The first-order valence-corrected chi connectivity index (χ1v) is 9.61. The van der Waals surface area contributed by atoms with Crippen LogP contribution in [0.4, 0.5) is 0 Å². The van der Waals surface area contributed by atoms with Crippen molar-refractivity contribution in [1.82, 2.24) is 5.32 Å². The molecule has 138 valence electrons. The van der Waals surface area contributed by atoms with Crippen LogP contribution in [0.5, 0.6) is 0 Å². The number of amides is 1. The van der Waals surface area contributed by atoms with E-state index in [1.165, 1.54) is 6.42 Å². The van der Waals surface area contributed by atoms with Crippen molar-refractivity contribution in [2.45, 2.75) is 91.3 Å². The van der Waals surface area contributed by atoms with Crippen LogP contribution in [0, 0.1) is 22.2 Å². The fourth-order valence-electron chi connectivity index (χ4n) is 6.29. The summed E-state index contributed by atoms with van der Waals surface area (Å²) >= 11 is 0. The van der Waals surface area contributed by atoms with Gasteiger partial charge in [-0.05, 0) is 42.9 Å². The SMILES string of the molecule is CC1(C)CC(NC(=O)C2(N)C3CCCOC3C2(C)C)CC(C)(C)C1. The van der Waals surface area contributed by atoms with Crippen molar-refractivity contribution in [3.05, 3.63) is 0 Å². The van der Waals surface area contributed by atoms with E-state index in [2.05, 4.69) is 46.9 Å². The molecule has 2 aliphatic carbocycles. The molecule has 3 aliphatic rings. The molecule has 0 aromatic carbocycles. The van der Waals surface area contributed by atoms with Crippen LogP contribution in [0.2, 0.25) is 0 Å². The van der Waals surface area contributed by atoms with Gasteiger partial charge in [0.1, 0.15) is 5.54 Å². The number of nitrogens with two attached hydrogens (primary N) is 1. The highest BCUT2D eigenvalue weighted by Gasteiger charge is 2.70. The number of hydrogen-bond donors (Lipinski definition) is 2. The molecule has 3 fully saturated rings. The molecule has 1 saturated heterocycles. The molecule has 4 heteroatoms. The van der Waals surface area contributed by atoms with Gasteiger partial charge in [-0.25, -0.2) is 0 Å². The molecule has 1 aliphatic heterocycles. The predicted molar refractivity (Wildman–Crippen MR) is 96.5 cm³/mol. The van der Waals surface area contributed by atoms with E-state index in [0.717, 1.165) is 32.3 Å². The van der Waals surface area contributed by atoms with Crippen molar-refractivity contribution in [3.8, 4) is 0 Å². The fraction of sp³-hybridized carbons (Fsp3) is 0.950. The van der Waals surface area contributed by atoms with Gasteiger partial charge < -0.3 is 15.8 Å². The topological polar surface area (TPSA) is 64.4 Å². The maximum Gasteiger partial charge on any atom is 0.241 e. The normalized spacial score (nSPS) is 40.3. The summed E-state index contributed by atoms with van der Waals surface area (Å²) in [6, 6.07) is 0.219. The van der Waals surface area contributed by atoms with Gasteiger partial charge in [-0.2, -0.15) is 0 Å². The number of nitrogens with one attached hydrogen (secondary N) is 1. The van der Waals surface area contributed by atoms with Gasteiger partial charge in [-0.3, -0.25) is 4.79 Å². The predicted octanol–water partition coefficient (Wildman–Crippen LogP) is 3.24. The molecule has 0 radical (unpaired) electrons. The van der Waals surface area contributed by atoms with Gasteiger partial charge in [0.15, 0.2) is 0 Å². The molecule has 4 nitrogen and oxygen atoms in total. The third kappa shape index (κ3) is 2.70. The van der Waals surface area contributed by atoms with E-state index in [1.54, 1.807) is 0 Å². The molecule has 3 rings (SSSR count). The first-order valence-electron chi connectivity index (χ1n) is 9.61. The van der Waals surface area contributed by atoms with Gasteiger partial charge in [0, 0.05) is 24.0 Å². The van der Waals surface area contributed by atoms with Crippen molar-refractivity contribution in [1.29, 1.82) is 0 Å². The van der Waals surface area contributed by atoms with E-state index < -0.39 is 5.54 Å². The summed E-state index contributed by atoms with van der Waals surface area (Å²) in [5.74, 6) is 0.198. The summed E-state index contributed by atoms with van der Waals surface area (Å²) < 4.78 is 5.93. The maximum atomic E-state index is 13.2. The molecule has 2 saturated carbocycles. The minimum Gasteiger partial charge on any atom is -0.377 e. The van der Waals surface area contributed by atoms with Crippen molar-refractivity contribution >= 4 is 5.91 Å². The largest absolute Gasteiger partial charge is 0.377 e. The number of ether oxygens (including phenoxy) is 1. The monoisotopic (exact) mass is 336 g/mol. The number of rotatable bonds is 2. The molecule has 0 spiro atoms. The lowest BCUT2D eigenvalue weighted by Gasteiger charge is -2.65. The van der Waals surface area contributed by atoms with Gasteiger partial charge in [0.2, 0.25) is 5.91 Å². The van der Waals surface area contributed by atoms with E-state index in [-0.39, 0.29) is 40.2 Å². The molecule has 0 aromatic rings. The van der Waals surface area contributed by atoms with E-state index in [1.807, 2.05) is 0 Å². The van der Waals surface area contributed by atoms with Gasteiger partial charge in [-0.15, -0.1) is 0 Å². The van der Waals surface area contributed by atoms with Crippen LogP contribution >= 0.6 is 0 Å². The number of carbonyl (C=O) groups excluding carboxylic acids is 1. The molecule has 3 atom stereocenters. The third-order valence-electron chi connectivity index (χ3n) is 6.95. The summed E-state index contributed by atoms with van der Waals surface area (Å²) in [5, 5.41) is 3.34. The second-order valence-electron chi connectivity index (χ2n) is 10.7. The van der Waals surface area contributed by atoms with Crippen LogP contribution in [-0.4, -0.2) is 30.2 Å². The van der Waals surface area contributed by atoms with E-state index >= 15 is 0 Å². The Morgan fingerprint density at radius 3 is 2.25 bits per heavy atom. The fourth-order valence-corrected chi connectivity index (χ4v) is 6.29. The second-order valence-corrected chi connectivity index (χ2v) is 10.7. The zero-order valence-electron chi connectivity index (χ0n) is 16.4. The lowest BCUT2D eigenvalue weighted by molar-refractivity contribution is -0.225. The first kappa shape index (κ1) is 18.2. The molecule has 24 heavy (non-hydrogen) atoms. The zero-order chi connectivity index (χ0) is 18.0. The third-order valence-corrected chi connectivity index (χ3v) is 6.95. The van der Waals surface area contributed by atoms with Gasteiger partial charge in [0.05, 0.1) is 6.10 Å². The lowest BCUT2D eigenvalue weighted by Crippen LogP contribution is -2.82. The van der Waals surface area contributed by atoms with Crippen molar-refractivity contribution in [2.75, 3.05) is 6.61 Å². The van der Waals surface area contributed by atoms with Crippen molar-refractivity contribution in [2.24, 2.45) is 27.9 Å². The highest BCUT2D eigenvalue weighted by molar-refractivity contribution is 5.89. The van der Waals surface area contributed by atoms with E-state index in [9.17, 15) is 4.79 Å². The van der Waals surface area contributed by atoms with Crippen LogP contribution in [0.1, 0.15) is 73.6 Å². The Morgan fingerprint density at radius 2 is 1.67 bits per heavy atom. The second kappa shape index (κ2) is 5.44. The number of fused-ring (bicyclic) bond motifs is 1. The molecule has 3 unspecified atom stereocenters. The molecule has 1 heterocycles. The Labute approximate surface area is 147 Å². The Balaban J connectivity index is 1.75. The average Bonchev–Trinajstić information content (AvgIpc) is 2.42. The summed E-state index contributed by atoms with van der Waals surface area (Å²) in [5.41, 5.74) is 6.15. The summed E-state index contributed by atoms with van der Waals surface area (Å²) in [6.07, 6.45) is 5.39. The molecule has 0 bridgehead atoms. The van der Waals surface area contributed by atoms with Crippen LogP contribution in [0.25, 0.3) is 0 Å². The highest BCUT2D eigenvalue weighted by atomic mass is 16.5. The standard InChI is InChI=1S/C20H36N2O2/c1-17(2)10-13(11-18(3,4)12-17)22-16(23)20(21)14-8-7-9-24-15(14)19(20,5)6/h13-15H,7-12,21H2,1-6H3,(H,22,23). The molecule has 0 aromatic heterocycles. The molecule has 1 amide bonds. The van der Waals surface area contributed by atoms with Crippen LogP contribution in [0.3, 0.4) is 0 Å². The quantitative estimate of drug-likeness (QED) is 0.813. The highest BCUT2D eigenvalue weighted by Crippen LogP contribution is 2.57. The number of carbonyl (C=O) groups is 1. The van der Waals surface area contributed by atoms with E-state index in [4.69, 9.17) is 10.5 Å². The lowest BCUT2D eigenvalue weighted by atomic mass is 9.46. The van der Waals surface area contributed by atoms with Gasteiger partial charge in [0.25, 0.3) is 0 Å². The Bertz CT molecular complexity index is 510. The summed E-state index contributed by atoms with van der Waals surface area (Å²) in [7, 11) is 0. The zero-order valence-corrected chi connectivity index (χ0v) is 16.4.